The molecule has 1 N–H and O–H groups in total. The van der Waals surface area contributed by atoms with Crippen molar-refractivity contribution < 1.29 is 13.2 Å². The van der Waals surface area contributed by atoms with Crippen molar-refractivity contribution >= 4 is 33.1 Å². The molecule has 0 aliphatic heterocycles. The molecule has 0 atom stereocenters. The summed E-state index contributed by atoms with van der Waals surface area (Å²) in [6.45, 7) is 0.210. The van der Waals surface area contributed by atoms with Crippen LogP contribution in [0.5, 0.6) is 0 Å². The molecular formula is C10H7BrF3N3S. The zero-order valence-corrected chi connectivity index (χ0v) is 11.2. The van der Waals surface area contributed by atoms with Crippen LogP contribution < -0.4 is 5.32 Å². The van der Waals surface area contributed by atoms with Crippen molar-refractivity contribution in [3.63, 3.8) is 0 Å². The van der Waals surface area contributed by atoms with Gasteiger partial charge in [0.15, 0.2) is 0 Å². The van der Waals surface area contributed by atoms with E-state index in [1.165, 1.54) is 6.07 Å². The number of nitrogens with one attached hydrogen (secondary N) is 1. The van der Waals surface area contributed by atoms with Crippen molar-refractivity contribution in [2.24, 2.45) is 0 Å². The number of rotatable bonds is 3. The van der Waals surface area contributed by atoms with Gasteiger partial charge in [-0.1, -0.05) is 20.4 Å². The van der Waals surface area contributed by atoms with Gasteiger partial charge in [-0.25, -0.2) is 0 Å². The van der Waals surface area contributed by atoms with Crippen LogP contribution in [0.2, 0.25) is 0 Å². The van der Waals surface area contributed by atoms with Gasteiger partial charge in [0.1, 0.15) is 0 Å². The van der Waals surface area contributed by atoms with Crippen LogP contribution in [-0.2, 0) is 12.7 Å². The van der Waals surface area contributed by atoms with E-state index in [2.05, 4.69) is 30.8 Å². The van der Waals surface area contributed by atoms with Gasteiger partial charge in [-0.05, 0) is 29.7 Å². The third-order valence-electron chi connectivity index (χ3n) is 2.15. The van der Waals surface area contributed by atoms with Crippen molar-refractivity contribution in [2.75, 3.05) is 5.32 Å². The zero-order chi connectivity index (χ0) is 13.2. The van der Waals surface area contributed by atoms with Crippen LogP contribution in [-0.4, -0.2) is 9.59 Å². The van der Waals surface area contributed by atoms with Gasteiger partial charge < -0.3 is 5.32 Å². The maximum atomic E-state index is 12.8. The van der Waals surface area contributed by atoms with Crippen LogP contribution in [0.4, 0.5) is 18.9 Å². The number of nitrogens with zero attached hydrogens (tertiary/aromatic N) is 2. The van der Waals surface area contributed by atoms with Crippen LogP contribution in [0.25, 0.3) is 0 Å². The molecule has 8 heteroatoms. The highest BCUT2D eigenvalue weighted by Gasteiger charge is 2.33. The molecule has 0 radical (unpaired) electrons. The standard InChI is InChI=1S/C10H7BrF3N3S/c11-6-1-2-9(8(3-6)10(12,13)14)15-4-7-5-18-17-16-7/h1-3,5,15H,4H2. The van der Waals surface area contributed by atoms with E-state index in [1.54, 1.807) is 11.4 Å². The minimum absolute atomic E-state index is 0.0266. The lowest BCUT2D eigenvalue weighted by atomic mass is 10.1. The molecule has 0 aliphatic rings. The fourth-order valence-electron chi connectivity index (χ4n) is 1.35. The van der Waals surface area contributed by atoms with Crippen molar-refractivity contribution in [1.82, 2.24) is 9.59 Å². The SMILES string of the molecule is FC(F)(F)c1cc(Br)ccc1NCc1csnn1. The lowest BCUT2D eigenvalue weighted by Gasteiger charge is -2.14. The minimum Gasteiger partial charge on any atom is -0.379 e. The van der Waals surface area contributed by atoms with Crippen LogP contribution in [0.3, 0.4) is 0 Å². The molecule has 0 bridgehead atoms. The average molecular weight is 338 g/mol. The number of hydrogen-bond acceptors (Lipinski definition) is 4. The topological polar surface area (TPSA) is 37.8 Å². The number of halogens is 4. The maximum Gasteiger partial charge on any atom is 0.418 e. The number of anilines is 1. The first-order valence-electron chi connectivity index (χ1n) is 4.83. The average Bonchev–Trinajstić information content (AvgIpc) is 2.79. The predicted octanol–water partition coefficient (Wildman–Crippen LogP) is 3.93. The lowest BCUT2D eigenvalue weighted by molar-refractivity contribution is -0.137. The molecular weight excluding hydrogens is 331 g/mol. The molecule has 0 saturated carbocycles. The van der Waals surface area contributed by atoms with E-state index in [-0.39, 0.29) is 12.2 Å². The van der Waals surface area contributed by atoms with Crippen LogP contribution >= 0.6 is 27.5 Å². The van der Waals surface area contributed by atoms with Crippen molar-refractivity contribution in [1.29, 1.82) is 0 Å². The Morgan fingerprint density at radius 2 is 2.11 bits per heavy atom. The molecule has 0 unspecified atom stereocenters. The molecule has 1 aromatic carbocycles. The molecule has 18 heavy (non-hydrogen) atoms. The molecule has 0 saturated heterocycles. The zero-order valence-electron chi connectivity index (χ0n) is 8.83. The molecule has 3 nitrogen and oxygen atoms in total. The Labute approximate surface area is 113 Å². The number of aromatic nitrogens is 2. The molecule has 0 aliphatic carbocycles. The van der Waals surface area contributed by atoms with E-state index in [9.17, 15) is 13.2 Å². The monoisotopic (exact) mass is 337 g/mol. The summed E-state index contributed by atoms with van der Waals surface area (Å²) in [7, 11) is 0. The normalized spacial score (nSPS) is 11.6. The predicted molar refractivity (Wildman–Crippen MR) is 66.4 cm³/mol. The summed E-state index contributed by atoms with van der Waals surface area (Å²) in [6.07, 6.45) is -4.40. The highest BCUT2D eigenvalue weighted by atomic mass is 79.9. The largest absolute Gasteiger partial charge is 0.418 e. The Balaban J connectivity index is 2.22. The van der Waals surface area contributed by atoms with Gasteiger partial charge >= 0.3 is 6.18 Å². The lowest BCUT2D eigenvalue weighted by Crippen LogP contribution is -2.11. The highest BCUT2D eigenvalue weighted by molar-refractivity contribution is 9.10. The van der Waals surface area contributed by atoms with Gasteiger partial charge in [0.25, 0.3) is 0 Å². The smallest absolute Gasteiger partial charge is 0.379 e. The Bertz CT molecular complexity index is 528. The fraction of sp³-hybridized carbons (Fsp3) is 0.200. The molecule has 1 heterocycles. The summed E-state index contributed by atoms with van der Waals surface area (Å²) in [5, 5.41) is 8.15. The highest BCUT2D eigenvalue weighted by Crippen LogP contribution is 2.36. The molecule has 0 spiro atoms. The Morgan fingerprint density at radius 3 is 2.72 bits per heavy atom. The second-order valence-electron chi connectivity index (χ2n) is 3.44. The number of hydrogen-bond donors (Lipinski definition) is 1. The third-order valence-corrected chi connectivity index (χ3v) is 3.20. The summed E-state index contributed by atoms with van der Waals surface area (Å²) in [5.41, 5.74) is -0.0743. The summed E-state index contributed by atoms with van der Waals surface area (Å²) < 4.78 is 42.4. The molecule has 2 aromatic rings. The Kier molecular flexibility index (Phi) is 3.86. The van der Waals surface area contributed by atoms with Gasteiger partial charge in [-0.3, -0.25) is 0 Å². The second-order valence-corrected chi connectivity index (χ2v) is 4.96. The summed E-state index contributed by atoms with van der Waals surface area (Å²) in [4.78, 5) is 0. The molecule has 0 fully saturated rings. The first kappa shape index (κ1) is 13.3. The fourth-order valence-corrected chi connectivity index (χ4v) is 2.16. The van der Waals surface area contributed by atoms with Gasteiger partial charge in [0.2, 0.25) is 0 Å². The van der Waals surface area contributed by atoms with Gasteiger partial charge in [0, 0.05) is 15.5 Å². The molecule has 96 valence electrons. The quantitative estimate of drug-likeness (QED) is 0.921. The number of benzene rings is 1. The summed E-state index contributed by atoms with van der Waals surface area (Å²) >= 11 is 4.19. The van der Waals surface area contributed by atoms with Crippen LogP contribution in [0.1, 0.15) is 11.3 Å². The summed E-state index contributed by atoms with van der Waals surface area (Å²) in [6, 6.07) is 3.98. The van der Waals surface area contributed by atoms with Gasteiger partial charge in [0.05, 0.1) is 17.8 Å². The van der Waals surface area contributed by atoms with E-state index in [4.69, 9.17) is 0 Å². The van der Waals surface area contributed by atoms with Gasteiger partial charge in [-0.2, -0.15) is 13.2 Å². The maximum absolute atomic E-state index is 12.8. The van der Waals surface area contributed by atoms with Crippen molar-refractivity contribution in [3.05, 3.63) is 39.3 Å². The molecule has 1 aromatic heterocycles. The second kappa shape index (κ2) is 5.23. The first-order chi connectivity index (χ1) is 8.47. The minimum atomic E-state index is -4.40. The third kappa shape index (κ3) is 3.20. The summed E-state index contributed by atoms with van der Waals surface area (Å²) in [5.74, 6) is 0. The molecule has 0 amide bonds. The van der Waals surface area contributed by atoms with E-state index in [0.29, 0.717) is 10.2 Å². The van der Waals surface area contributed by atoms with E-state index >= 15 is 0 Å². The Morgan fingerprint density at radius 1 is 1.33 bits per heavy atom. The van der Waals surface area contributed by atoms with Gasteiger partial charge in [-0.15, -0.1) is 5.10 Å². The van der Waals surface area contributed by atoms with Crippen LogP contribution in [0, 0.1) is 0 Å². The molecule has 2 rings (SSSR count). The first-order valence-corrected chi connectivity index (χ1v) is 6.46. The van der Waals surface area contributed by atoms with E-state index in [0.717, 1.165) is 17.6 Å². The van der Waals surface area contributed by atoms with Crippen LogP contribution in [0.15, 0.2) is 28.1 Å². The van der Waals surface area contributed by atoms with Crippen molar-refractivity contribution in [3.8, 4) is 0 Å². The van der Waals surface area contributed by atoms with E-state index < -0.39 is 11.7 Å². The number of alkyl halides is 3. The van der Waals surface area contributed by atoms with Crippen molar-refractivity contribution in [2.45, 2.75) is 12.7 Å². The Hall–Kier alpha value is -1.15. The van der Waals surface area contributed by atoms with E-state index in [1.807, 2.05) is 0 Å².